The van der Waals surface area contributed by atoms with Crippen molar-refractivity contribution in [3.8, 4) is 0 Å². The highest BCUT2D eigenvalue weighted by molar-refractivity contribution is 4.84. The second kappa shape index (κ2) is 3.73. The molecule has 0 aromatic rings. The highest BCUT2D eigenvalue weighted by Crippen LogP contribution is 2.24. The summed E-state index contributed by atoms with van der Waals surface area (Å²) in [5.41, 5.74) is 0. The first-order valence-corrected chi connectivity index (χ1v) is 4.54. The summed E-state index contributed by atoms with van der Waals surface area (Å²) in [5, 5.41) is 18.8. The molecule has 1 heterocycles. The van der Waals surface area contributed by atoms with Crippen LogP contribution in [0.1, 0.15) is 27.2 Å². The highest BCUT2D eigenvalue weighted by atomic mass is 16.5. The van der Waals surface area contributed by atoms with Crippen LogP contribution in [0.4, 0.5) is 0 Å². The SMILES string of the molecule is CC1O[C@@H](C(C)C)CC(O)[C@@H]1O. The van der Waals surface area contributed by atoms with Gasteiger partial charge in [0.15, 0.2) is 0 Å². The smallest absolute Gasteiger partial charge is 0.106 e. The summed E-state index contributed by atoms with van der Waals surface area (Å²) >= 11 is 0. The maximum absolute atomic E-state index is 9.44. The van der Waals surface area contributed by atoms with Gasteiger partial charge in [0, 0.05) is 6.42 Å². The van der Waals surface area contributed by atoms with Crippen LogP contribution in [-0.4, -0.2) is 34.6 Å². The van der Waals surface area contributed by atoms with Crippen LogP contribution in [0.25, 0.3) is 0 Å². The van der Waals surface area contributed by atoms with E-state index in [4.69, 9.17) is 4.74 Å². The molecule has 0 spiro atoms. The van der Waals surface area contributed by atoms with Crippen LogP contribution in [0, 0.1) is 5.92 Å². The van der Waals surface area contributed by atoms with Gasteiger partial charge in [-0.25, -0.2) is 0 Å². The summed E-state index contributed by atoms with van der Waals surface area (Å²) in [7, 11) is 0. The molecule has 0 radical (unpaired) electrons. The van der Waals surface area contributed by atoms with Gasteiger partial charge >= 0.3 is 0 Å². The normalized spacial score (nSPS) is 43.5. The molecule has 1 aliphatic rings. The van der Waals surface area contributed by atoms with Gasteiger partial charge in [0.1, 0.15) is 6.10 Å². The molecular weight excluding hydrogens is 156 g/mol. The third kappa shape index (κ3) is 1.97. The molecule has 0 aromatic carbocycles. The first-order valence-electron chi connectivity index (χ1n) is 4.54. The standard InChI is InChI=1S/C9H18O3/c1-5(2)8-4-7(10)9(11)6(3)12-8/h5-11H,4H2,1-3H3/t6?,7?,8-,9-/m1/s1. The molecule has 0 amide bonds. The second-order valence-corrected chi connectivity index (χ2v) is 3.92. The summed E-state index contributed by atoms with van der Waals surface area (Å²) in [6, 6.07) is 0. The molecule has 2 N–H and O–H groups in total. The lowest BCUT2D eigenvalue weighted by Gasteiger charge is -2.37. The molecule has 12 heavy (non-hydrogen) atoms. The number of hydrogen-bond donors (Lipinski definition) is 2. The van der Waals surface area contributed by atoms with Crippen LogP contribution in [0.3, 0.4) is 0 Å². The van der Waals surface area contributed by atoms with Crippen molar-refractivity contribution in [1.82, 2.24) is 0 Å². The largest absolute Gasteiger partial charge is 0.390 e. The molecule has 3 heteroatoms. The molecule has 1 saturated heterocycles. The Morgan fingerprint density at radius 3 is 2.33 bits per heavy atom. The third-order valence-corrected chi connectivity index (χ3v) is 2.48. The maximum Gasteiger partial charge on any atom is 0.106 e. The van der Waals surface area contributed by atoms with Crippen molar-refractivity contribution >= 4 is 0 Å². The zero-order valence-electron chi connectivity index (χ0n) is 7.90. The fourth-order valence-corrected chi connectivity index (χ4v) is 1.53. The molecule has 4 atom stereocenters. The van der Waals surface area contributed by atoms with Gasteiger partial charge < -0.3 is 14.9 Å². The third-order valence-electron chi connectivity index (χ3n) is 2.48. The van der Waals surface area contributed by atoms with Crippen LogP contribution in [0.5, 0.6) is 0 Å². The van der Waals surface area contributed by atoms with Crippen LogP contribution in [0.15, 0.2) is 0 Å². The summed E-state index contributed by atoms with van der Waals surface area (Å²) in [6.45, 7) is 5.91. The van der Waals surface area contributed by atoms with E-state index >= 15 is 0 Å². The average Bonchev–Trinajstić information content (AvgIpc) is 1.99. The Bertz CT molecular complexity index is 135. The molecule has 72 valence electrons. The number of rotatable bonds is 1. The van der Waals surface area contributed by atoms with E-state index < -0.39 is 12.2 Å². The topological polar surface area (TPSA) is 49.7 Å². The molecule has 0 saturated carbocycles. The van der Waals surface area contributed by atoms with Crippen molar-refractivity contribution in [2.75, 3.05) is 0 Å². The van der Waals surface area contributed by atoms with E-state index in [2.05, 4.69) is 13.8 Å². The fraction of sp³-hybridized carbons (Fsp3) is 1.00. The predicted molar refractivity (Wildman–Crippen MR) is 45.8 cm³/mol. The number of ether oxygens (including phenoxy) is 1. The van der Waals surface area contributed by atoms with Crippen molar-refractivity contribution in [2.24, 2.45) is 5.92 Å². The van der Waals surface area contributed by atoms with Crippen molar-refractivity contribution in [3.05, 3.63) is 0 Å². The Hall–Kier alpha value is -0.120. The monoisotopic (exact) mass is 174 g/mol. The van der Waals surface area contributed by atoms with E-state index in [1.165, 1.54) is 0 Å². The van der Waals surface area contributed by atoms with Crippen LogP contribution >= 0.6 is 0 Å². The van der Waals surface area contributed by atoms with Crippen molar-refractivity contribution < 1.29 is 14.9 Å². The van der Waals surface area contributed by atoms with Gasteiger partial charge in [0.2, 0.25) is 0 Å². The summed E-state index contributed by atoms with van der Waals surface area (Å²) in [4.78, 5) is 0. The zero-order valence-corrected chi connectivity index (χ0v) is 7.90. The van der Waals surface area contributed by atoms with E-state index in [9.17, 15) is 10.2 Å². The molecule has 0 aliphatic carbocycles. The van der Waals surface area contributed by atoms with E-state index in [0.717, 1.165) is 0 Å². The van der Waals surface area contributed by atoms with E-state index in [-0.39, 0.29) is 12.2 Å². The zero-order chi connectivity index (χ0) is 9.30. The molecule has 0 bridgehead atoms. The summed E-state index contributed by atoms with van der Waals surface area (Å²) in [5.74, 6) is 0.398. The number of aliphatic hydroxyl groups is 2. The second-order valence-electron chi connectivity index (χ2n) is 3.92. The van der Waals surface area contributed by atoms with E-state index in [1.807, 2.05) is 0 Å². The number of aliphatic hydroxyl groups excluding tert-OH is 2. The van der Waals surface area contributed by atoms with Gasteiger partial charge in [0.05, 0.1) is 18.3 Å². The van der Waals surface area contributed by atoms with Crippen molar-refractivity contribution in [1.29, 1.82) is 0 Å². The minimum Gasteiger partial charge on any atom is -0.390 e. The van der Waals surface area contributed by atoms with Gasteiger partial charge in [0.25, 0.3) is 0 Å². The Morgan fingerprint density at radius 1 is 1.33 bits per heavy atom. The lowest BCUT2D eigenvalue weighted by molar-refractivity contribution is -0.171. The van der Waals surface area contributed by atoms with Crippen molar-refractivity contribution in [3.63, 3.8) is 0 Å². The van der Waals surface area contributed by atoms with E-state index in [0.29, 0.717) is 12.3 Å². The fourth-order valence-electron chi connectivity index (χ4n) is 1.53. The van der Waals surface area contributed by atoms with Gasteiger partial charge in [-0.15, -0.1) is 0 Å². The Morgan fingerprint density at radius 2 is 1.92 bits per heavy atom. The predicted octanol–water partition coefficient (Wildman–Crippen LogP) is 0.542. The average molecular weight is 174 g/mol. The lowest BCUT2D eigenvalue weighted by atomic mass is 9.93. The van der Waals surface area contributed by atoms with Gasteiger partial charge in [-0.05, 0) is 12.8 Å². The first-order chi connectivity index (χ1) is 5.52. The molecule has 1 aliphatic heterocycles. The molecule has 0 aromatic heterocycles. The van der Waals surface area contributed by atoms with Crippen LogP contribution in [-0.2, 0) is 4.74 Å². The highest BCUT2D eigenvalue weighted by Gasteiger charge is 2.34. The van der Waals surface area contributed by atoms with Crippen LogP contribution in [0.2, 0.25) is 0 Å². The van der Waals surface area contributed by atoms with Gasteiger partial charge in [-0.2, -0.15) is 0 Å². The van der Waals surface area contributed by atoms with E-state index in [1.54, 1.807) is 6.92 Å². The Kier molecular flexibility index (Phi) is 3.09. The summed E-state index contributed by atoms with van der Waals surface area (Å²) in [6.07, 6.45) is -0.968. The van der Waals surface area contributed by atoms with Crippen LogP contribution < -0.4 is 0 Å². The molecule has 3 nitrogen and oxygen atoms in total. The minimum atomic E-state index is -0.722. The molecule has 1 rings (SSSR count). The van der Waals surface area contributed by atoms with Gasteiger partial charge in [-0.3, -0.25) is 0 Å². The molecular formula is C9H18O3. The Balaban J connectivity index is 2.53. The maximum atomic E-state index is 9.44. The number of hydrogen-bond acceptors (Lipinski definition) is 3. The lowest BCUT2D eigenvalue weighted by Crippen LogP contribution is -2.48. The van der Waals surface area contributed by atoms with Crippen molar-refractivity contribution in [2.45, 2.75) is 51.6 Å². The molecule has 1 fully saturated rings. The summed E-state index contributed by atoms with van der Waals surface area (Å²) < 4.78 is 5.52. The Labute approximate surface area is 73.4 Å². The first kappa shape index (κ1) is 9.96. The minimum absolute atomic E-state index is 0.0819. The quantitative estimate of drug-likeness (QED) is 0.610. The van der Waals surface area contributed by atoms with Gasteiger partial charge in [-0.1, -0.05) is 13.8 Å². The molecule has 2 unspecified atom stereocenters.